The van der Waals surface area contributed by atoms with Gasteiger partial charge in [-0.1, -0.05) is 6.92 Å². The maximum atomic E-state index is 12.5. The highest BCUT2D eigenvalue weighted by atomic mass is 79.9. The second-order valence-corrected chi connectivity index (χ2v) is 8.59. The monoisotopic (exact) mass is 519 g/mol. The summed E-state index contributed by atoms with van der Waals surface area (Å²) in [6.45, 7) is 3.90. The summed E-state index contributed by atoms with van der Waals surface area (Å²) in [7, 11) is 0. The second kappa shape index (κ2) is 11.9. The van der Waals surface area contributed by atoms with Crippen LogP contribution in [0.5, 0.6) is 5.75 Å². The molecule has 0 bridgehead atoms. The van der Waals surface area contributed by atoms with E-state index in [2.05, 4.69) is 31.9 Å². The average molecular weight is 520 g/mol. The molecule has 3 rings (SSSR count). The van der Waals surface area contributed by atoms with Crippen molar-refractivity contribution in [3.05, 3.63) is 58.1 Å². The van der Waals surface area contributed by atoms with Gasteiger partial charge in [-0.3, -0.25) is 14.9 Å². The summed E-state index contributed by atoms with van der Waals surface area (Å²) in [5.41, 5.74) is 1.65. The summed E-state index contributed by atoms with van der Waals surface area (Å²) in [6.07, 6.45) is 3.00. The molecular weight excluding hydrogens is 494 g/mol. The van der Waals surface area contributed by atoms with Gasteiger partial charge in [-0.25, -0.2) is 0 Å². The van der Waals surface area contributed by atoms with Gasteiger partial charge in [0.1, 0.15) is 5.75 Å². The molecule has 1 aliphatic rings. The molecule has 0 saturated carbocycles. The van der Waals surface area contributed by atoms with Crippen molar-refractivity contribution in [1.29, 1.82) is 0 Å². The fourth-order valence-corrected chi connectivity index (χ4v) is 3.83. The molecule has 0 radical (unpaired) electrons. The summed E-state index contributed by atoms with van der Waals surface area (Å²) in [5.74, 6) is 0.194. The van der Waals surface area contributed by atoms with E-state index in [1.54, 1.807) is 42.5 Å². The summed E-state index contributed by atoms with van der Waals surface area (Å²) in [4.78, 5) is 24.7. The highest BCUT2D eigenvalue weighted by molar-refractivity contribution is 9.10. The first-order valence-electron chi connectivity index (χ1n) is 10.5. The molecule has 9 heteroatoms. The molecule has 1 fully saturated rings. The number of nitrogens with one attached hydrogen (secondary N) is 3. The molecule has 2 aromatic rings. The van der Waals surface area contributed by atoms with Crippen LogP contribution in [-0.4, -0.2) is 42.8 Å². The molecule has 1 heterocycles. The third kappa shape index (κ3) is 7.01. The normalized spacial score (nSPS) is 15.1. The lowest BCUT2D eigenvalue weighted by atomic mass is 10.2. The molecule has 0 aromatic heterocycles. The van der Waals surface area contributed by atoms with E-state index in [-0.39, 0.29) is 23.0 Å². The molecule has 3 N–H and O–H groups in total. The van der Waals surface area contributed by atoms with Crippen molar-refractivity contribution in [2.24, 2.45) is 0 Å². The van der Waals surface area contributed by atoms with Crippen molar-refractivity contribution >= 4 is 50.8 Å². The Labute approximate surface area is 201 Å². The lowest BCUT2D eigenvalue weighted by Crippen LogP contribution is -2.34. The van der Waals surface area contributed by atoms with E-state index in [0.29, 0.717) is 40.2 Å². The number of ether oxygens (including phenoxy) is 2. The number of halogens is 1. The number of benzene rings is 2. The number of hydrogen-bond donors (Lipinski definition) is 3. The minimum Gasteiger partial charge on any atom is -0.492 e. The number of thiocarbonyl (C=S) groups is 1. The van der Waals surface area contributed by atoms with E-state index < -0.39 is 0 Å². The van der Waals surface area contributed by atoms with E-state index in [1.165, 1.54) is 0 Å². The summed E-state index contributed by atoms with van der Waals surface area (Å²) < 4.78 is 11.8. The van der Waals surface area contributed by atoms with Crippen LogP contribution >= 0.6 is 28.1 Å². The maximum absolute atomic E-state index is 12.5. The topological polar surface area (TPSA) is 88.7 Å². The highest BCUT2D eigenvalue weighted by Gasteiger charge is 2.17. The van der Waals surface area contributed by atoms with Crippen molar-refractivity contribution in [1.82, 2.24) is 10.6 Å². The van der Waals surface area contributed by atoms with Crippen LogP contribution in [-0.2, 0) is 4.74 Å². The third-order valence-electron chi connectivity index (χ3n) is 4.80. The minimum atomic E-state index is -0.338. The number of anilines is 1. The van der Waals surface area contributed by atoms with Gasteiger partial charge in [0.15, 0.2) is 5.11 Å². The third-order valence-corrected chi connectivity index (χ3v) is 5.63. The van der Waals surface area contributed by atoms with Gasteiger partial charge in [-0.2, -0.15) is 0 Å². The molecule has 32 heavy (non-hydrogen) atoms. The summed E-state index contributed by atoms with van der Waals surface area (Å²) in [5, 5.41) is 8.65. The number of amides is 2. The Morgan fingerprint density at radius 2 is 1.91 bits per heavy atom. The number of carbonyl (C=O) groups is 2. The maximum Gasteiger partial charge on any atom is 0.257 e. The number of carbonyl (C=O) groups excluding carboxylic acids is 2. The van der Waals surface area contributed by atoms with E-state index in [9.17, 15) is 9.59 Å². The number of hydrogen-bond acceptors (Lipinski definition) is 5. The van der Waals surface area contributed by atoms with E-state index in [0.717, 1.165) is 25.9 Å². The Bertz CT molecular complexity index is 962. The Morgan fingerprint density at radius 1 is 1.16 bits per heavy atom. The first-order valence-corrected chi connectivity index (χ1v) is 11.7. The molecule has 0 spiro atoms. The van der Waals surface area contributed by atoms with Gasteiger partial charge in [-0.15, -0.1) is 0 Å². The van der Waals surface area contributed by atoms with E-state index in [4.69, 9.17) is 21.7 Å². The first-order chi connectivity index (χ1) is 15.5. The minimum absolute atomic E-state index is 0.0987. The van der Waals surface area contributed by atoms with Gasteiger partial charge < -0.3 is 20.1 Å². The van der Waals surface area contributed by atoms with Crippen LogP contribution < -0.4 is 20.7 Å². The Balaban J connectivity index is 1.49. The standard InChI is InChI=1S/C23H26BrN3O4S/c1-2-11-31-20-10-7-16(13-19(20)24)22(29)27-23(32)26-17-8-5-15(6-9-17)21(28)25-14-18-4-3-12-30-18/h5-10,13,18H,2-4,11-12,14H2,1H3,(H,25,28)(H2,26,27,29,32). The van der Waals surface area contributed by atoms with Crippen molar-refractivity contribution in [3.8, 4) is 5.75 Å². The van der Waals surface area contributed by atoms with Crippen molar-refractivity contribution in [2.75, 3.05) is 25.1 Å². The van der Waals surface area contributed by atoms with Gasteiger partial charge in [0.05, 0.1) is 17.2 Å². The number of rotatable bonds is 8. The van der Waals surface area contributed by atoms with Crippen LogP contribution in [0.25, 0.3) is 0 Å². The zero-order valence-electron chi connectivity index (χ0n) is 17.8. The van der Waals surface area contributed by atoms with Crippen molar-refractivity contribution in [3.63, 3.8) is 0 Å². The zero-order valence-corrected chi connectivity index (χ0v) is 20.2. The van der Waals surface area contributed by atoms with Crippen LogP contribution in [0.3, 0.4) is 0 Å². The van der Waals surface area contributed by atoms with Gasteiger partial charge >= 0.3 is 0 Å². The lowest BCUT2D eigenvalue weighted by molar-refractivity contribution is 0.0857. The van der Waals surface area contributed by atoms with Crippen molar-refractivity contribution in [2.45, 2.75) is 32.3 Å². The molecule has 1 saturated heterocycles. The van der Waals surface area contributed by atoms with Crippen LogP contribution in [0.1, 0.15) is 46.9 Å². The van der Waals surface area contributed by atoms with Crippen LogP contribution in [0.2, 0.25) is 0 Å². The molecule has 2 aromatic carbocycles. The van der Waals surface area contributed by atoms with E-state index in [1.807, 2.05) is 6.92 Å². The first kappa shape index (κ1) is 24.2. The average Bonchev–Trinajstić information content (AvgIpc) is 3.30. The predicted octanol–water partition coefficient (Wildman–Crippen LogP) is 4.27. The molecule has 1 unspecified atom stereocenters. The molecule has 7 nitrogen and oxygen atoms in total. The Kier molecular flexibility index (Phi) is 9.01. The van der Waals surface area contributed by atoms with Crippen LogP contribution in [0, 0.1) is 0 Å². The zero-order chi connectivity index (χ0) is 22.9. The molecule has 170 valence electrons. The lowest BCUT2D eigenvalue weighted by Gasteiger charge is -2.12. The molecule has 2 amide bonds. The quantitative estimate of drug-likeness (QED) is 0.451. The predicted molar refractivity (Wildman–Crippen MR) is 131 cm³/mol. The Morgan fingerprint density at radius 3 is 2.56 bits per heavy atom. The van der Waals surface area contributed by atoms with E-state index >= 15 is 0 Å². The molecule has 1 atom stereocenters. The Hall–Kier alpha value is -2.49. The molecule has 1 aliphatic heterocycles. The van der Waals surface area contributed by atoms with Gasteiger partial charge in [0.2, 0.25) is 0 Å². The van der Waals surface area contributed by atoms with Crippen molar-refractivity contribution < 1.29 is 19.1 Å². The fourth-order valence-electron chi connectivity index (χ4n) is 3.13. The van der Waals surface area contributed by atoms with Gasteiger partial charge in [-0.05, 0) is 89.9 Å². The van der Waals surface area contributed by atoms with Crippen LogP contribution in [0.4, 0.5) is 5.69 Å². The SMILES string of the molecule is CCCOc1ccc(C(=O)NC(=S)Nc2ccc(C(=O)NCC3CCCO3)cc2)cc1Br. The van der Waals surface area contributed by atoms with Gasteiger partial charge in [0.25, 0.3) is 11.8 Å². The fraction of sp³-hybridized carbons (Fsp3) is 0.348. The highest BCUT2D eigenvalue weighted by Crippen LogP contribution is 2.26. The molecule has 0 aliphatic carbocycles. The summed E-state index contributed by atoms with van der Waals surface area (Å²) >= 11 is 8.66. The largest absolute Gasteiger partial charge is 0.492 e. The van der Waals surface area contributed by atoms with Crippen LogP contribution in [0.15, 0.2) is 46.9 Å². The summed E-state index contributed by atoms with van der Waals surface area (Å²) in [6, 6.07) is 12.0. The van der Waals surface area contributed by atoms with Gasteiger partial charge in [0, 0.05) is 30.0 Å². The smallest absolute Gasteiger partial charge is 0.257 e. The second-order valence-electron chi connectivity index (χ2n) is 7.32. The molecular formula is C23H26BrN3O4S.